The van der Waals surface area contributed by atoms with Gasteiger partial charge in [0.25, 0.3) is 0 Å². The molecule has 2 heterocycles. The van der Waals surface area contributed by atoms with Gasteiger partial charge in [0.1, 0.15) is 10.7 Å². The van der Waals surface area contributed by atoms with Crippen molar-refractivity contribution < 1.29 is 0 Å². The van der Waals surface area contributed by atoms with Crippen molar-refractivity contribution >= 4 is 22.9 Å². The predicted octanol–water partition coefficient (Wildman–Crippen LogP) is 4.56. The number of hydrogen-bond acceptors (Lipinski definition) is 4. The van der Waals surface area contributed by atoms with Gasteiger partial charge in [-0.05, 0) is 37.4 Å². The van der Waals surface area contributed by atoms with Crippen LogP contribution in [0, 0.1) is 5.92 Å². The van der Waals surface area contributed by atoms with Crippen molar-refractivity contribution in [3.05, 3.63) is 33.9 Å². The lowest BCUT2D eigenvalue weighted by molar-refractivity contribution is 0.623. The second kappa shape index (κ2) is 7.87. The molecule has 1 N–H and O–H groups in total. The van der Waals surface area contributed by atoms with Gasteiger partial charge >= 0.3 is 0 Å². The molecule has 0 aromatic carbocycles. The van der Waals surface area contributed by atoms with Crippen molar-refractivity contribution in [2.45, 2.75) is 40.2 Å². The van der Waals surface area contributed by atoms with Crippen molar-refractivity contribution in [1.82, 2.24) is 15.3 Å². The van der Waals surface area contributed by atoms with Crippen molar-refractivity contribution in [3.63, 3.8) is 0 Å². The zero-order valence-electron chi connectivity index (χ0n) is 12.8. The van der Waals surface area contributed by atoms with Gasteiger partial charge in [-0.3, -0.25) is 4.98 Å². The fourth-order valence-corrected chi connectivity index (χ4v) is 3.43. The standard InChI is InChI=1S/C16H22ClN3S/c1-4-7-18-10-14-13(9-11(2)3)20-16(21-14)15-12(17)6-5-8-19-15/h5-6,8,11,18H,4,7,9-10H2,1-3H3. The highest BCUT2D eigenvalue weighted by Gasteiger charge is 2.16. The van der Waals surface area contributed by atoms with Crippen LogP contribution in [0.1, 0.15) is 37.8 Å². The summed E-state index contributed by atoms with van der Waals surface area (Å²) in [4.78, 5) is 10.5. The third-order valence-electron chi connectivity index (χ3n) is 3.05. The summed E-state index contributed by atoms with van der Waals surface area (Å²) in [7, 11) is 0. The average molecular weight is 324 g/mol. The van der Waals surface area contributed by atoms with Crippen LogP contribution in [-0.2, 0) is 13.0 Å². The Kier molecular flexibility index (Phi) is 6.15. The number of nitrogens with zero attached hydrogens (tertiary/aromatic N) is 2. The van der Waals surface area contributed by atoms with Crippen molar-refractivity contribution in [1.29, 1.82) is 0 Å². The van der Waals surface area contributed by atoms with Crippen LogP contribution in [0.15, 0.2) is 18.3 Å². The summed E-state index contributed by atoms with van der Waals surface area (Å²) in [5, 5.41) is 5.04. The van der Waals surface area contributed by atoms with E-state index in [9.17, 15) is 0 Å². The molecule has 0 saturated heterocycles. The second-order valence-electron chi connectivity index (χ2n) is 5.50. The zero-order valence-corrected chi connectivity index (χ0v) is 14.4. The van der Waals surface area contributed by atoms with E-state index in [0.29, 0.717) is 10.9 Å². The van der Waals surface area contributed by atoms with Gasteiger partial charge in [0, 0.05) is 17.6 Å². The molecule has 0 unspecified atom stereocenters. The molecule has 114 valence electrons. The Bertz CT molecular complexity index is 581. The summed E-state index contributed by atoms with van der Waals surface area (Å²) in [5.74, 6) is 0.587. The number of hydrogen-bond donors (Lipinski definition) is 1. The summed E-state index contributed by atoms with van der Waals surface area (Å²) in [5.41, 5.74) is 1.96. The molecule has 5 heteroatoms. The number of aromatic nitrogens is 2. The fraction of sp³-hybridized carbons (Fsp3) is 0.500. The first-order chi connectivity index (χ1) is 10.1. The molecule has 0 spiro atoms. The third kappa shape index (κ3) is 4.50. The third-order valence-corrected chi connectivity index (χ3v) is 4.46. The highest BCUT2D eigenvalue weighted by molar-refractivity contribution is 7.15. The summed E-state index contributed by atoms with van der Waals surface area (Å²) in [6.45, 7) is 8.51. The first-order valence-electron chi connectivity index (χ1n) is 7.42. The molecule has 0 bridgehead atoms. The fourth-order valence-electron chi connectivity index (χ4n) is 2.09. The van der Waals surface area contributed by atoms with Crippen LogP contribution in [0.25, 0.3) is 10.7 Å². The lowest BCUT2D eigenvalue weighted by atomic mass is 10.1. The van der Waals surface area contributed by atoms with Crippen LogP contribution in [0.3, 0.4) is 0 Å². The molecule has 0 aliphatic carbocycles. The summed E-state index contributed by atoms with van der Waals surface area (Å²) >= 11 is 7.94. The first-order valence-corrected chi connectivity index (χ1v) is 8.61. The number of nitrogens with one attached hydrogen (secondary N) is 1. The predicted molar refractivity (Wildman–Crippen MR) is 90.9 cm³/mol. The molecule has 2 rings (SSSR count). The van der Waals surface area contributed by atoms with Crippen molar-refractivity contribution in [3.8, 4) is 10.7 Å². The molecular formula is C16H22ClN3S. The SMILES string of the molecule is CCCNCc1sc(-c2ncccc2Cl)nc1CC(C)C. The van der Waals surface area contributed by atoms with Crippen molar-refractivity contribution in [2.24, 2.45) is 5.92 Å². The highest BCUT2D eigenvalue weighted by Crippen LogP contribution is 2.32. The Morgan fingerprint density at radius 1 is 1.38 bits per heavy atom. The highest BCUT2D eigenvalue weighted by atomic mass is 35.5. The molecule has 2 aromatic heterocycles. The van der Waals surface area contributed by atoms with Gasteiger partial charge in [-0.2, -0.15) is 0 Å². The molecule has 0 fully saturated rings. The Hall–Kier alpha value is -0.970. The van der Waals surface area contributed by atoms with E-state index in [0.717, 1.165) is 36.6 Å². The molecule has 3 nitrogen and oxygen atoms in total. The van der Waals surface area contributed by atoms with E-state index >= 15 is 0 Å². The van der Waals surface area contributed by atoms with Crippen LogP contribution in [0.4, 0.5) is 0 Å². The molecule has 0 aliphatic heterocycles. The van der Waals surface area contributed by atoms with E-state index in [1.54, 1.807) is 17.5 Å². The number of halogens is 1. The van der Waals surface area contributed by atoms with E-state index in [-0.39, 0.29) is 0 Å². The lowest BCUT2D eigenvalue weighted by Gasteiger charge is -2.05. The van der Waals surface area contributed by atoms with Crippen LogP contribution >= 0.6 is 22.9 Å². The number of rotatable bonds is 7. The molecule has 2 aromatic rings. The maximum absolute atomic E-state index is 6.24. The summed E-state index contributed by atoms with van der Waals surface area (Å²) in [6.07, 6.45) is 3.89. The first kappa shape index (κ1) is 16.4. The Balaban J connectivity index is 2.28. The lowest BCUT2D eigenvalue weighted by Crippen LogP contribution is -2.14. The van der Waals surface area contributed by atoms with E-state index < -0.39 is 0 Å². The normalized spacial score (nSPS) is 11.3. The molecule has 0 aliphatic rings. The van der Waals surface area contributed by atoms with Crippen LogP contribution in [-0.4, -0.2) is 16.5 Å². The van der Waals surface area contributed by atoms with Gasteiger partial charge in [0.15, 0.2) is 0 Å². The molecular weight excluding hydrogens is 302 g/mol. The average Bonchev–Trinajstić information content (AvgIpc) is 2.82. The minimum Gasteiger partial charge on any atom is -0.312 e. The van der Waals surface area contributed by atoms with E-state index in [1.807, 2.05) is 12.1 Å². The second-order valence-corrected chi connectivity index (χ2v) is 6.99. The maximum Gasteiger partial charge on any atom is 0.143 e. The Morgan fingerprint density at radius 2 is 2.19 bits per heavy atom. The number of pyridine rings is 1. The molecule has 0 amide bonds. The maximum atomic E-state index is 6.24. The van der Waals surface area contributed by atoms with Gasteiger partial charge in [-0.25, -0.2) is 4.98 Å². The van der Waals surface area contributed by atoms with Crippen LogP contribution in [0.2, 0.25) is 5.02 Å². The quantitative estimate of drug-likeness (QED) is 0.759. The minimum atomic E-state index is 0.587. The molecule has 0 atom stereocenters. The summed E-state index contributed by atoms with van der Waals surface area (Å²) in [6, 6.07) is 3.71. The van der Waals surface area contributed by atoms with Gasteiger partial charge in [-0.15, -0.1) is 11.3 Å². The largest absolute Gasteiger partial charge is 0.312 e. The Morgan fingerprint density at radius 3 is 2.86 bits per heavy atom. The monoisotopic (exact) mass is 323 g/mol. The van der Waals surface area contributed by atoms with Crippen LogP contribution < -0.4 is 5.32 Å². The smallest absolute Gasteiger partial charge is 0.143 e. The van der Waals surface area contributed by atoms with E-state index in [2.05, 4.69) is 31.1 Å². The van der Waals surface area contributed by atoms with Gasteiger partial charge in [0.2, 0.25) is 0 Å². The number of thiazole rings is 1. The van der Waals surface area contributed by atoms with Gasteiger partial charge < -0.3 is 5.32 Å². The topological polar surface area (TPSA) is 37.8 Å². The molecule has 21 heavy (non-hydrogen) atoms. The zero-order chi connectivity index (χ0) is 15.2. The van der Waals surface area contributed by atoms with Crippen molar-refractivity contribution in [2.75, 3.05) is 6.54 Å². The minimum absolute atomic E-state index is 0.587. The van der Waals surface area contributed by atoms with Gasteiger partial charge in [-0.1, -0.05) is 32.4 Å². The van der Waals surface area contributed by atoms with Gasteiger partial charge in [0.05, 0.1) is 10.7 Å². The van der Waals surface area contributed by atoms with E-state index in [1.165, 1.54) is 10.6 Å². The van der Waals surface area contributed by atoms with Crippen LogP contribution in [0.5, 0.6) is 0 Å². The van der Waals surface area contributed by atoms with E-state index in [4.69, 9.17) is 16.6 Å². The Labute approximate surface area is 135 Å². The molecule has 0 radical (unpaired) electrons. The summed E-state index contributed by atoms with van der Waals surface area (Å²) < 4.78 is 0. The molecule has 0 saturated carbocycles.